The lowest BCUT2D eigenvalue weighted by molar-refractivity contribution is 0.114. The van der Waals surface area contributed by atoms with Gasteiger partial charge in [-0.05, 0) is 13.3 Å². The van der Waals surface area contributed by atoms with Crippen molar-refractivity contribution in [3.05, 3.63) is 0 Å². The number of ether oxygens (including phenoxy) is 2. The molecule has 0 spiro atoms. The van der Waals surface area contributed by atoms with Crippen molar-refractivity contribution in [2.45, 2.75) is 45.6 Å². The van der Waals surface area contributed by atoms with Gasteiger partial charge in [0.25, 0.3) is 0 Å². The minimum atomic E-state index is 0.623. The van der Waals surface area contributed by atoms with Crippen LogP contribution >= 0.6 is 0 Å². The van der Waals surface area contributed by atoms with E-state index in [1.54, 1.807) is 14.2 Å². The molecular formula is C15H34N2O2. The molecule has 0 aromatic rings. The molecule has 4 heteroatoms. The summed E-state index contributed by atoms with van der Waals surface area (Å²) in [5.74, 6) is 0. The maximum absolute atomic E-state index is 5.14. The van der Waals surface area contributed by atoms with Gasteiger partial charge in [0.05, 0.1) is 13.2 Å². The Labute approximate surface area is 119 Å². The van der Waals surface area contributed by atoms with Crippen molar-refractivity contribution < 1.29 is 9.47 Å². The van der Waals surface area contributed by atoms with Crippen molar-refractivity contribution in [3.63, 3.8) is 0 Å². The van der Waals surface area contributed by atoms with E-state index >= 15 is 0 Å². The zero-order valence-electron chi connectivity index (χ0n) is 13.4. The van der Waals surface area contributed by atoms with E-state index < -0.39 is 0 Å². The minimum Gasteiger partial charge on any atom is -0.383 e. The maximum atomic E-state index is 5.14. The molecule has 4 nitrogen and oxygen atoms in total. The second kappa shape index (κ2) is 14.3. The summed E-state index contributed by atoms with van der Waals surface area (Å²) >= 11 is 0. The van der Waals surface area contributed by atoms with Gasteiger partial charge in [-0.1, -0.05) is 26.2 Å². The molecule has 0 aromatic heterocycles. The molecule has 0 radical (unpaired) electrons. The number of unbranched alkanes of at least 4 members (excludes halogenated alkanes) is 2. The maximum Gasteiger partial charge on any atom is 0.0589 e. The molecule has 0 amide bonds. The van der Waals surface area contributed by atoms with E-state index in [9.17, 15) is 0 Å². The van der Waals surface area contributed by atoms with Gasteiger partial charge in [0, 0.05) is 46.4 Å². The zero-order valence-corrected chi connectivity index (χ0v) is 13.4. The second-order valence-electron chi connectivity index (χ2n) is 5.18. The molecule has 19 heavy (non-hydrogen) atoms. The Morgan fingerprint density at radius 2 is 1.63 bits per heavy atom. The molecule has 116 valence electrons. The number of methoxy groups -OCH3 is 2. The number of nitrogens with one attached hydrogen (secondary N) is 1. The molecule has 0 aliphatic heterocycles. The van der Waals surface area contributed by atoms with Crippen LogP contribution in [0.15, 0.2) is 0 Å². The molecule has 0 rings (SSSR count). The van der Waals surface area contributed by atoms with Crippen molar-refractivity contribution >= 4 is 0 Å². The van der Waals surface area contributed by atoms with E-state index in [4.69, 9.17) is 9.47 Å². The Balaban J connectivity index is 3.64. The van der Waals surface area contributed by atoms with E-state index in [0.717, 1.165) is 39.4 Å². The van der Waals surface area contributed by atoms with Gasteiger partial charge in [-0.15, -0.1) is 0 Å². The van der Waals surface area contributed by atoms with Crippen LogP contribution in [0.4, 0.5) is 0 Å². The summed E-state index contributed by atoms with van der Waals surface area (Å²) < 4.78 is 10.3. The van der Waals surface area contributed by atoms with Crippen LogP contribution in [0.3, 0.4) is 0 Å². The molecule has 0 bridgehead atoms. The second-order valence-corrected chi connectivity index (χ2v) is 5.18. The average molecular weight is 274 g/mol. The van der Waals surface area contributed by atoms with E-state index in [-0.39, 0.29) is 0 Å². The lowest BCUT2D eigenvalue weighted by Gasteiger charge is -2.23. The first-order chi connectivity index (χ1) is 9.24. The molecule has 1 atom stereocenters. The molecule has 0 aliphatic carbocycles. The summed E-state index contributed by atoms with van der Waals surface area (Å²) in [6, 6.07) is 0.623. The molecule has 0 aromatic carbocycles. The van der Waals surface area contributed by atoms with Gasteiger partial charge in [0.2, 0.25) is 0 Å². The van der Waals surface area contributed by atoms with Gasteiger partial charge in [-0.25, -0.2) is 0 Å². The van der Waals surface area contributed by atoms with Gasteiger partial charge in [-0.3, -0.25) is 4.90 Å². The monoisotopic (exact) mass is 274 g/mol. The highest BCUT2D eigenvalue weighted by atomic mass is 16.5. The van der Waals surface area contributed by atoms with Crippen molar-refractivity contribution in [1.82, 2.24) is 10.2 Å². The van der Waals surface area contributed by atoms with Gasteiger partial charge < -0.3 is 14.8 Å². The lowest BCUT2D eigenvalue weighted by atomic mass is 10.1. The first-order valence-corrected chi connectivity index (χ1v) is 7.68. The zero-order chi connectivity index (χ0) is 14.3. The van der Waals surface area contributed by atoms with E-state index in [1.807, 2.05) is 0 Å². The standard InChI is InChI=1S/C15H34N2O2/c1-5-6-7-8-15(2)16-9-10-17(11-13-18-3)12-14-19-4/h15-16H,5-14H2,1-4H3. The Hall–Kier alpha value is -0.160. The Morgan fingerprint density at radius 3 is 2.16 bits per heavy atom. The summed E-state index contributed by atoms with van der Waals surface area (Å²) in [6.45, 7) is 10.2. The van der Waals surface area contributed by atoms with Gasteiger partial charge in [0.15, 0.2) is 0 Å². The third-order valence-electron chi connectivity index (χ3n) is 3.38. The fourth-order valence-electron chi connectivity index (χ4n) is 2.05. The van der Waals surface area contributed by atoms with Crippen LogP contribution in [-0.2, 0) is 9.47 Å². The van der Waals surface area contributed by atoms with Crippen LogP contribution in [0.25, 0.3) is 0 Å². The Bertz CT molecular complexity index is 172. The van der Waals surface area contributed by atoms with Crippen molar-refractivity contribution in [1.29, 1.82) is 0 Å². The number of rotatable bonds is 14. The predicted molar refractivity (Wildman–Crippen MR) is 81.8 cm³/mol. The smallest absolute Gasteiger partial charge is 0.0589 e. The number of hydrogen-bond acceptors (Lipinski definition) is 4. The van der Waals surface area contributed by atoms with E-state index in [2.05, 4.69) is 24.1 Å². The third kappa shape index (κ3) is 12.6. The fourth-order valence-corrected chi connectivity index (χ4v) is 2.05. The van der Waals surface area contributed by atoms with E-state index in [1.165, 1.54) is 25.7 Å². The largest absolute Gasteiger partial charge is 0.383 e. The first-order valence-electron chi connectivity index (χ1n) is 7.68. The molecule has 1 unspecified atom stereocenters. The summed E-state index contributed by atoms with van der Waals surface area (Å²) in [6.07, 6.45) is 5.26. The molecule has 0 saturated heterocycles. The highest BCUT2D eigenvalue weighted by Crippen LogP contribution is 2.02. The van der Waals surface area contributed by atoms with Crippen LogP contribution in [-0.4, -0.2) is 64.6 Å². The first kappa shape index (κ1) is 18.8. The van der Waals surface area contributed by atoms with Crippen LogP contribution in [0.5, 0.6) is 0 Å². The molecule has 0 aliphatic rings. The molecule has 0 fully saturated rings. The van der Waals surface area contributed by atoms with Crippen LogP contribution in [0, 0.1) is 0 Å². The summed E-state index contributed by atoms with van der Waals surface area (Å²) in [4.78, 5) is 2.39. The van der Waals surface area contributed by atoms with Crippen molar-refractivity contribution in [2.24, 2.45) is 0 Å². The molecule has 0 saturated carbocycles. The molecular weight excluding hydrogens is 240 g/mol. The van der Waals surface area contributed by atoms with Gasteiger partial charge >= 0.3 is 0 Å². The third-order valence-corrected chi connectivity index (χ3v) is 3.38. The predicted octanol–water partition coefficient (Wildman–Crippen LogP) is 2.14. The average Bonchev–Trinajstić information content (AvgIpc) is 2.41. The van der Waals surface area contributed by atoms with Gasteiger partial charge in [-0.2, -0.15) is 0 Å². The van der Waals surface area contributed by atoms with Crippen molar-refractivity contribution in [3.8, 4) is 0 Å². The van der Waals surface area contributed by atoms with E-state index in [0.29, 0.717) is 6.04 Å². The number of nitrogens with zero attached hydrogens (tertiary/aromatic N) is 1. The Kier molecular flexibility index (Phi) is 14.1. The normalized spacial score (nSPS) is 13.1. The lowest BCUT2D eigenvalue weighted by Crippen LogP contribution is -2.38. The molecule has 1 N–H and O–H groups in total. The van der Waals surface area contributed by atoms with Gasteiger partial charge in [0.1, 0.15) is 0 Å². The SMILES string of the molecule is CCCCCC(C)NCCN(CCOC)CCOC. The van der Waals surface area contributed by atoms with Crippen molar-refractivity contribution in [2.75, 3.05) is 53.6 Å². The molecule has 0 heterocycles. The van der Waals surface area contributed by atoms with Crippen LogP contribution in [0.2, 0.25) is 0 Å². The topological polar surface area (TPSA) is 33.7 Å². The summed E-state index contributed by atoms with van der Waals surface area (Å²) in [7, 11) is 3.51. The van der Waals surface area contributed by atoms with Crippen LogP contribution in [0.1, 0.15) is 39.5 Å². The highest BCUT2D eigenvalue weighted by Gasteiger charge is 2.05. The fraction of sp³-hybridized carbons (Fsp3) is 1.00. The highest BCUT2D eigenvalue weighted by molar-refractivity contribution is 4.64. The Morgan fingerprint density at radius 1 is 1.00 bits per heavy atom. The number of hydrogen-bond donors (Lipinski definition) is 1. The summed E-state index contributed by atoms with van der Waals surface area (Å²) in [5.41, 5.74) is 0. The van der Waals surface area contributed by atoms with Crippen LogP contribution < -0.4 is 5.32 Å². The summed E-state index contributed by atoms with van der Waals surface area (Å²) in [5, 5.41) is 3.60. The minimum absolute atomic E-state index is 0.623. The quantitative estimate of drug-likeness (QED) is 0.492.